The van der Waals surface area contributed by atoms with Gasteiger partial charge in [-0.3, -0.25) is 14.5 Å². The first-order valence-electron chi connectivity index (χ1n) is 22.2. The van der Waals surface area contributed by atoms with E-state index in [1.165, 1.54) is 28.0 Å². The van der Waals surface area contributed by atoms with Crippen LogP contribution < -0.4 is 10.6 Å². The van der Waals surface area contributed by atoms with Crippen LogP contribution in [0.25, 0.3) is 0 Å². The van der Waals surface area contributed by atoms with Gasteiger partial charge in [-0.2, -0.15) is 0 Å². The summed E-state index contributed by atoms with van der Waals surface area (Å²) in [7, 11) is 0. The zero-order chi connectivity index (χ0) is 48.4. The van der Waals surface area contributed by atoms with Crippen molar-refractivity contribution >= 4 is 57.7 Å². The topological polar surface area (TPSA) is 149 Å². The number of β-lactam (4-membered cyclic amide) rings is 1. The minimum Gasteiger partial charge on any atom is -0.457 e. The van der Waals surface area contributed by atoms with Gasteiger partial charge in [-0.05, 0) is 73.2 Å². The molecule has 0 saturated carbocycles. The number of ether oxygens (including phenoxy) is 2. The van der Waals surface area contributed by atoms with E-state index < -0.39 is 59.0 Å². The fourth-order valence-corrected chi connectivity index (χ4v) is 10.1. The van der Waals surface area contributed by atoms with Crippen molar-refractivity contribution < 1.29 is 33.5 Å². The lowest BCUT2D eigenvalue weighted by atomic mass is 9.77. The third-order valence-electron chi connectivity index (χ3n) is 11.1. The largest absolute Gasteiger partial charge is 0.457 e. The number of carbonyl (C=O) groups is 4. The molecule has 69 heavy (non-hydrogen) atoms. The van der Waals surface area contributed by atoms with Crippen LogP contribution in [0.5, 0.6) is 0 Å². The first kappa shape index (κ1) is 47.8. The zero-order valence-corrected chi connectivity index (χ0v) is 40.0. The van der Waals surface area contributed by atoms with Crippen molar-refractivity contribution in [3.8, 4) is 11.8 Å². The Bertz CT molecular complexity index is 2810. The van der Waals surface area contributed by atoms with Gasteiger partial charge in [0.15, 0.2) is 16.9 Å². The summed E-state index contributed by atoms with van der Waals surface area (Å²) >= 11 is 2.62. The molecular weight excluding hydrogens is 907 g/mol. The average Bonchev–Trinajstić information content (AvgIpc) is 3.83. The number of aromatic nitrogens is 1. The number of benzene rings is 5. The Morgan fingerprint density at radius 3 is 1.88 bits per heavy atom. The molecule has 6 aromatic rings. The van der Waals surface area contributed by atoms with E-state index in [9.17, 15) is 19.2 Å². The minimum atomic E-state index is -1.08. The molecule has 2 aliphatic heterocycles. The molecule has 14 heteroatoms. The Balaban J connectivity index is 1.10. The predicted molar refractivity (Wildman–Crippen MR) is 269 cm³/mol. The van der Waals surface area contributed by atoms with Gasteiger partial charge in [-0.1, -0.05) is 163 Å². The summed E-state index contributed by atoms with van der Waals surface area (Å²) < 4.78 is 11.7. The van der Waals surface area contributed by atoms with Crippen molar-refractivity contribution in [3.05, 3.63) is 214 Å². The SMILES string of the molecule is CC#C/C=C/C1=C(C(=O)OC(c2ccccc2)c2ccccc2)N2C(=O)[C@@H](NC(=O)/C(=N\OCC(=O)OC(C)(C)C)c3csc(NC(c4ccccc4)(c4ccccc4)c4ccccc4)n3)[C@H]2SC1. The van der Waals surface area contributed by atoms with Crippen LogP contribution in [-0.2, 0) is 39.0 Å². The fourth-order valence-electron chi connectivity index (χ4n) is 8.05. The lowest BCUT2D eigenvalue weighted by molar-refractivity contribution is -0.160. The van der Waals surface area contributed by atoms with Crippen molar-refractivity contribution in [1.29, 1.82) is 0 Å². The highest BCUT2D eigenvalue weighted by Crippen LogP contribution is 2.43. The number of carbonyl (C=O) groups excluding carboxylic acids is 4. The molecular formula is C55H49N5O7S2. The maximum absolute atomic E-state index is 14.5. The summed E-state index contributed by atoms with van der Waals surface area (Å²) in [5, 5.41) is 12.1. The van der Waals surface area contributed by atoms with Crippen molar-refractivity contribution in [2.24, 2.45) is 5.16 Å². The van der Waals surface area contributed by atoms with Gasteiger partial charge in [0.1, 0.15) is 33.9 Å². The normalized spacial score (nSPS) is 15.9. The predicted octanol–water partition coefficient (Wildman–Crippen LogP) is 9.18. The smallest absolute Gasteiger partial charge is 0.356 e. The number of anilines is 1. The number of oxime groups is 1. The summed E-state index contributed by atoms with van der Waals surface area (Å²) in [5.74, 6) is 3.28. The van der Waals surface area contributed by atoms with Crippen molar-refractivity contribution in [3.63, 3.8) is 0 Å². The third-order valence-corrected chi connectivity index (χ3v) is 13.1. The molecule has 12 nitrogen and oxygen atoms in total. The molecule has 1 fully saturated rings. The number of fused-ring (bicyclic) bond motifs is 1. The molecule has 5 aromatic carbocycles. The number of thioether (sulfide) groups is 1. The van der Waals surface area contributed by atoms with Crippen LogP contribution in [0.15, 0.2) is 186 Å². The number of esters is 2. The van der Waals surface area contributed by atoms with Crippen molar-refractivity contribution in [2.75, 3.05) is 17.7 Å². The van der Waals surface area contributed by atoms with E-state index in [0.29, 0.717) is 16.5 Å². The van der Waals surface area contributed by atoms with Crippen LogP contribution in [0.3, 0.4) is 0 Å². The molecule has 2 atom stereocenters. The highest BCUT2D eigenvalue weighted by atomic mass is 32.2. The molecule has 2 aliphatic rings. The van der Waals surface area contributed by atoms with Crippen molar-refractivity contribution in [1.82, 2.24) is 15.2 Å². The number of amides is 2. The van der Waals surface area contributed by atoms with E-state index in [0.717, 1.165) is 27.8 Å². The molecule has 2 amide bonds. The van der Waals surface area contributed by atoms with E-state index in [2.05, 4.69) is 27.6 Å². The van der Waals surface area contributed by atoms with Gasteiger partial charge in [-0.15, -0.1) is 29.0 Å². The first-order valence-corrected chi connectivity index (χ1v) is 24.1. The number of hydrogen-bond acceptors (Lipinski definition) is 12. The Hall–Kier alpha value is -7.73. The monoisotopic (exact) mass is 955 g/mol. The second kappa shape index (κ2) is 21.5. The van der Waals surface area contributed by atoms with E-state index in [-0.39, 0.29) is 17.1 Å². The molecule has 8 rings (SSSR count). The summed E-state index contributed by atoms with van der Waals surface area (Å²) in [6, 6.07) is 47.6. The molecule has 2 N–H and O–H groups in total. The van der Waals surface area contributed by atoms with Crippen LogP contribution in [-0.4, -0.2) is 68.7 Å². The third kappa shape index (κ3) is 10.9. The maximum Gasteiger partial charge on any atom is 0.356 e. The second-order valence-corrected chi connectivity index (χ2v) is 18.8. The van der Waals surface area contributed by atoms with Gasteiger partial charge in [0.25, 0.3) is 11.8 Å². The molecule has 1 saturated heterocycles. The Morgan fingerprint density at radius 1 is 0.826 bits per heavy atom. The van der Waals surface area contributed by atoms with Crippen LogP contribution in [0.1, 0.15) is 67.3 Å². The number of hydrogen-bond donors (Lipinski definition) is 2. The van der Waals surface area contributed by atoms with Gasteiger partial charge < -0.3 is 24.9 Å². The fraction of sp³-hybridized carbons (Fsp3) is 0.200. The van der Waals surface area contributed by atoms with Gasteiger partial charge in [0, 0.05) is 11.1 Å². The number of allylic oxidation sites excluding steroid dienone is 2. The molecule has 0 spiro atoms. The molecule has 1 aromatic heterocycles. The number of nitrogens with one attached hydrogen (secondary N) is 2. The zero-order valence-electron chi connectivity index (χ0n) is 38.3. The minimum absolute atomic E-state index is 0.0591. The van der Waals surface area contributed by atoms with Crippen LogP contribution in [0, 0.1) is 11.8 Å². The van der Waals surface area contributed by atoms with E-state index in [1.807, 2.05) is 152 Å². The molecule has 348 valence electrons. The summed E-state index contributed by atoms with van der Waals surface area (Å²) in [4.78, 5) is 67.8. The molecule has 0 bridgehead atoms. The van der Waals surface area contributed by atoms with E-state index >= 15 is 0 Å². The Morgan fingerprint density at radius 2 is 1.36 bits per heavy atom. The number of nitrogens with zero attached hydrogens (tertiary/aromatic N) is 3. The average molecular weight is 956 g/mol. The number of rotatable bonds is 16. The summed E-state index contributed by atoms with van der Waals surface area (Å²) in [6.07, 6.45) is 2.56. The van der Waals surface area contributed by atoms with Crippen LogP contribution in [0.2, 0.25) is 0 Å². The standard InChI is InChI=1S/C55H49N5O7S2/c1-5-6-12-27-39-35-68-51-46(50(63)60(51)47(39)52(64)66-48(37-23-13-7-14-24-37)38-25-15-8-16-26-38)57-49(62)45(59-65-34-44(61)67-54(2,3)4)43-36-69-53(56-43)58-55(40-28-17-9-18-29-40,41-30-19-10-20-31-41)42-32-21-11-22-33-42/h7-33,36,46,48,51H,34-35H2,1-4H3,(H,56,58)(H,57,62)/b27-12+,59-45-/t46-,51-/m1/s1. The molecule has 3 heterocycles. The van der Waals surface area contributed by atoms with Gasteiger partial charge in [0.2, 0.25) is 6.61 Å². The highest BCUT2D eigenvalue weighted by molar-refractivity contribution is 8.00. The molecule has 0 unspecified atom stereocenters. The molecule has 0 radical (unpaired) electrons. The quantitative estimate of drug-likeness (QED) is 0.0240. The van der Waals surface area contributed by atoms with Crippen LogP contribution in [0.4, 0.5) is 5.13 Å². The number of thiazole rings is 1. The second-order valence-electron chi connectivity index (χ2n) is 16.9. The summed E-state index contributed by atoms with van der Waals surface area (Å²) in [5.41, 5.74) is 3.03. The van der Waals surface area contributed by atoms with E-state index in [1.54, 1.807) is 45.2 Å². The van der Waals surface area contributed by atoms with Gasteiger partial charge >= 0.3 is 11.9 Å². The van der Waals surface area contributed by atoms with Crippen molar-refractivity contribution in [2.45, 2.75) is 56.4 Å². The van der Waals surface area contributed by atoms with Crippen LogP contribution >= 0.6 is 23.1 Å². The Kier molecular flexibility index (Phi) is 14.9. The molecule has 0 aliphatic carbocycles. The Labute approximate surface area is 409 Å². The maximum atomic E-state index is 14.5. The van der Waals surface area contributed by atoms with E-state index in [4.69, 9.17) is 19.3 Å². The van der Waals surface area contributed by atoms with Gasteiger partial charge in [-0.25, -0.2) is 14.6 Å². The van der Waals surface area contributed by atoms with Gasteiger partial charge in [0.05, 0.1) is 0 Å². The summed E-state index contributed by atoms with van der Waals surface area (Å²) in [6.45, 7) is 6.28. The lowest BCUT2D eigenvalue weighted by Gasteiger charge is -2.49. The lowest BCUT2D eigenvalue weighted by Crippen LogP contribution is -2.71. The first-order chi connectivity index (χ1) is 33.5. The highest BCUT2D eigenvalue weighted by Gasteiger charge is 2.55.